The van der Waals surface area contributed by atoms with E-state index in [1.165, 1.54) is 11.1 Å². The first-order chi connectivity index (χ1) is 23.9. The molecule has 0 fully saturated rings. The lowest BCUT2D eigenvalue weighted by atomic mass is 9.93. The Kier molecular flexibility index (Phi) is 10.9. The zero-order valence-electron chi connectivity index (χ0n) is 28.7. The van der Waals surface area contributed by atoms with Crippen molar-refractivity contribution in [1.82, 2.24) is 24.7 Å². The first-order valence-electron chi connectivity index (χ1n) is 17.4. The van der Waals surface area contributed by atoms with Crippen molar-refractivity contribution in [3.8, 4) is 5.69 Å². The molecule has 10 heteroatoms. The third kappa shape index (κ3) is 7.76. The van der Waals surface area contributed by atoms with Gasteiger partial charge in [0.1, 0.15) is 5.69 Å². The highest BCUT2D eigenvalue weighted by Crippen LogP contribution is 2.29. The highest BCUT2D eigenvalue weighted by molar-refractivity contribution is 5.95. The lowest BCUT2D eigenvalue weighted by Gasteiger charge is -2.36. The number of hydrogen-bond acceptors (Lipinski definition) is 7. The molecule has 2 amide bonds. The van der Waals surface area contributed by atoms with E-state index in [1.54, 1.807) is 0 Å². The topological polar surface area (TPSA) is 117 Å². The number of rotatable bonds is 14. The Labute approximate surface area is 287 Å². The van der Waals surface area contributed by atoms with Gasteiger partial charge in [0.25, 0.3) is 5.91 Å². The molecule has 256 valence electrons. The van der Waals surface area contributed by atoms with E-state index in [1.807, 2.05) is 77.2 Å². The second-order valence-electron chi connectivity index (χ2n) is 13.0. The van der Waals surface area contributed by atoms with Gasteiger partial charge in [0.05, 0.1) is 18.7 Å². The van der Waals surface area contributed by atoms with Crippen LogP contribution in [-0.2, 0) is 30.7 Å². The van der Waals surface area contributed by atoms with E-state index in [9.17, 15) is 14.7 Å². The van der Waals surface area contributed by atoms with Gasteiger partial charge in [-0.3, -0.25) is 14.5 Å². The van der Waals surface area contributed by atoms with Crippen molar-refractivity contribution < 1.29 is 19.2 Å². The van der Waals surface area contributed by atoms with E-state index in [-0.39, 0.29) is 30.9 Å². The van der Waals surface area contributed by atoms with Gasteiger partial charge in [-0.2, -0.15) is 5.10 Å². The lowest BCUT2D eigenvalue weighted by Crippen LogP contribution is -2.42. The molecule has 0 saturated carbocycles. The Morgan fingerprint density at radius 3 is 2.47 bits per heavy atom. The van der Waals surface area contributed by atoms with Crippen molar-refractivity contribution in [2.24, 2.45) is 0 Å². The minimum atomic E-state index is -0.208. The smallest absolute Gasteiger partial charge is 0.274 e. The van der Waals surface area contributed by atoms with Crippen LogP contribution in [0, 0.1) is 6.92 Å². The molecule has 0 unspecified atom stereocenters. The predicted molar refractivity (Wildman–Crippen MR) is 191 cm³/mol. The van der Waals surface area contributed by atoms with Gasteiger partial charge in [0, 0.05) is 49.0 Å². The van der Waals surface area contributed by atoms with Gasteiger partial charge in [-0.15, -0.1) is 0 Å². The molecule has 2 N–H and O–H groups in total. The normalized spacial score (nSPS) is 14.6. The second kappa shape index (κ2) is 15.6. The molecule has 49 heavy (non-hydrogen) atoms. The fourth-order valence-electron chi connectivity index (χ4n) is 6.64. The van der Waals surface area contributed by atoms with Crippen LogP contribution in [-0.4, -0.2) is 67.4 Å². The number of benzene rings is 3. The van der Waals surface area contributed by atoms with Crippen LogP contribution in [0.1, 0.15) is 78.1 Å². The van der Waals surface area contributed by atoms with Crippen molar-refractivity contribution in [3.63, 3.8) is 0 Å². The summed E-state index contributed by atoms with van der Waals surface area (Å²) in [5, 5.41) is 23.3. The molecule has 0 spiro atoms. The first kappa shape index (κ1) is 34.1. The van der Waals surface area contributed by atoms with Crippen LogP contribution in [0.25, 0.3) is 16.7 Å². The average molecular weight is 663 g/mol. The summed E-state index contributed by atoms with van der Waals surface area (Å²) in [4.78, 5) is 31.2. The summed E-state index contributed by atoms with van der Waals surface area (Å²) in [5.41, 5.74) is 7.36. The Bertz CT molecular complexity index is 1900. The Balaban J connectivity index is 1.31. The number of amides is 2. The van der Waals surface area contributed by atoms with Gasteiger partial charge in [-0.1, -0.05) is 68.2 Å². The SMILES string of the molecule is CCCCN(CCCC)C(=O)c1cc(C)n(-c2ccc(NC(=O)Cc3noc4ccccc34)cc2CN2Cc3ccccc3C[C@H]2CO)n1. The van der Waals surface area contributed by atoms with Crippen LogP contribution >= 0.6 is 0 Å². The van der Waals surface area contributed by atoms with E-state index >= 15 is 0 Å². The Hall–Kier alpha value is -4.80. The van der Waals surface area contributed by atoms with Gasteiger partial charge < -0.3 is 19.8 Å². The molecule has 0 bridgehead atoms. The van der Waals surface area contributed by atoms with Crippen molar-refractivity contribution >= 4 is 28.5 Å². The van der Waals surface area contributed by atoms with Crippen molar-refractivity contribution in [2.45, 2.75) is 78.4 Å². The van der Waals surface area contributed by atoms with E-state index in [4.69, 9.17) is 9.62 Å². The van der Waals surface area contributed by atoms with E-state index < -0.39 is 0 Å². The van der Waals surface area contributed by atoms with Gasteiger partial charge in [-0.25, -0.2) is 4.68 Å². The summed E-state index contributed by atoms with van der Waals surface area (Å²) in [6.07, 6.45) is 4.74. The van der Waals surface area contributed by atoms with E-state index in [0.29, 0.717) is 48.8 Å². The molecule has 0 radical (unpaired) electrons. The molecular weight excluding hydrogens is 616 g/mol. The number of aliphatic hydroxyl groups excluding tert-OH is 1. The molecule has 0 aliphatic carbocycles. The number of aliphatic hydroxyl groups is 1. The summed E-state index contributed by atoms with van der Waals surface area (Å²) in [5.74, 6) is -0.261. The molecule has 0 saturated heterocycles. The van der Waals surface area contributed by atoms with Crippen molar-refractivity contribution in [3.05, 3.63) is 107 Å². The van der Waals surface area contributed by atoms with E-state index in [0.717, 1.165) is 54.4 Å². The summed E-state index contributed by atoms with van der Waals surface area (Å²) < 4.78 is 7.24. The third-order valence-corrected chi connectivity index (χ3v) is 9.38. The summed E-state index contributed by atoms with van der Waals surface area (Å²) in [6, 6.07) is 23.4. The molecule has 3 heterocycles. The van der Waals surface area contributed by atoms with Crippen LogP contribution in [0.3, 0.4) is 0 Å². The fourth-order valence-corrected chi connectivity index (χ4v) is 6.64. The maximum Gasteiger partial charge on any atom is 0.274 e. The van der Waals surface area contributed by atoms with Crippen LogP contribution in [0.15, 0.2) is 77.3 Å². The van der Waals surface area contributed by atoms with Crippen LogP contribution in [0.5, 0.6) is 0 Å². The quantitative estimate of drug-likeness (QED) is 0.140. The van der Waals surface area contributed by atoms with Crippen LogP contribution in [0.4, 0.5) is 5.69 Å². The van der Waals surface area contributed by atoms with Crippen LogP contribution < -0.4 is 5.32 Å². The predicted octanol–water partition coefficient (Wildman–Crippen LogP) is 6.46. The number of fused-ring (bicyclic) bond motifs is 2. The monoisotopic (exact) mass is 662 g/mol. The van der Waals surface area contributed by atoms with Crippen molar-refractivity contribution in [2.75, 3.05) is 25.0 Å². The zero-order valence-corrected chi connectivity index (χ0v) is 28.7. The maximum atomic E-state index is 13.7. The average Bonchev–Trinajstić information content (AvgIpc) is 3.71. The Morgan fingerprint density at radius 2 is 1.71 bits per heavy atom. The van der Waals surface area contributed by atoms with Gasteiger partial charge >= 0.3 is 0 Å². The lowest BCUT2D eigenvalue weighted by molar-refractivity contribution is -0.115. The van der Waals surface area contributed by atoms with Gasteiger partial charge in [0.2, 0.25) is 5.91 Å². The minimum absolute atomic E-state index is 0.0244. The number of carbonyl (C=O) groups is 2. The number of nitrogens with one attached hydrogen (secondary N) is 1. The Morgan fingerprint density at radius 1 is 0.980 bits per heavy atom. The highest BCUT2D eigenvalue weighted by atomic mass is 16.5. The molecule has 6 rings (SSSR count). The van der Waals surface area contributed by atoms with Gasteiger partial charge in [0.15, 0.2) is 11.3 Å². The fraction of sp³-hybridized carbons (Fsp3) is 0.385. The summed E-state index contributed by atoms with van der Waals surface area (Å²) >= 11 is 0. The second-order valence-corrected chi connectivity index (χ2v) is 13.0. The molecule has 5 aromatic rings. The van der Waals surface area contributed by atoms with Gasteiger partial charge in [-0.05, 0) is 79.3 Å². The molecule has 1 aliphatic heterocycles. The third-order valence-electron chi connectivity index (χ3n) is 9.38. The highest BCUT2D eigenvalue weighted by Gasteiger charge is 2.27. The largest absolute Gasteiger partial charge is 0.395 e. The number of anilines is 1. The van der Waals surface area contributed by atoms with Crippen LogP contribution in [0.2, 0.25) is 0 Å². The number of hydrogen-bond donors (Lipinski definition) is 2. The maximum absolute atomic E-state index is 13.7. The number of para-hydroxylation sites is 1. The number of aromatic nitrogens is 3. The zero-order chi connectivity index (χ0) is 34.3. The minimum Gasteiger partial charge on any atom is -0.395 e. The van der Waals surface area contributed by atoms with Crippen molar-refractivity contribution in [1.29, 1.82) is 0 Å². The number of unbranched alkanes of at least 4 members (excludes halogenated alkanes) is 2. The number of aryl methyl sites for hydroxylation is 1. The molecule has 1 aliphatic rings. The molecule has 1 atom stereocenters. The summed E-state index contributed by atoms with van der Waals surface area (Å²) in [7, 11) is 0. The number of carbonyl (C=O) groups excluding carboxylic acids is 2. The molecule has 3 aromatic carbocycles. The molecule has 2 aromatic heterocycles. The number of nitrogens with zero attached hydrogens (tertiary/aromatic N) is 5. The molecular formula is C39H46N6O4. The molecule has 10 nitrogen and oxygen atoms in total. The standard InChI is InChI=1S/C39H46N6O4/c1-4-6-18-43(19-7-5-2)39(48)35-20-27(3)45(41-35)36-17-16-31(40-38(47)23-34-33-14-10-11-15-37(33)49-42-34)21-30(36)25-44-24-29-13-9-8-12-28(29)22-32(44)26-46/h8-17,20-21,32,46H,4-7,18-19,22-26H2,1-3H3,(H,40,47)/t32-/m0/s1. The first-order valence-corrected chi connectivity index (χ1v) is 17.4. The van der Waals surface area contributed by atoms with E-state index in [2.05, 4.69) is 41.4 Å². The summed E-state index contributed by atoms with van der Waals surface area (Å²) in [6.45, 7) is 8.86.